The van der Waals surface area contributed by atoms with E-state index in [0.717, 1.165) is 12.1 Å². The van der Waals surface area contributed by atoms with Crippen molar-refractivity contribution in [3.05, 3.63) is 39.7 Å². The van der Waals surface area contributed by atoms with Crippen molar-refractivity contribution in [1.82, 2.24) is 0 Å². The van der Waals surface area contributed by atoms with Crippen LogP contribution in [0.3, 0.4) is 0 Å². The fourth-order valence-electron chi connectivity index (χ4n) is 0.886. The van der Waals surface area contributed by atoms with Crippen LogP contribution in [0, 0.1) is 27.8 Å². The highest BCUT2D eigenvalue weighted by atomic mass is 19.1. The van der Waals surface area contributed by atoms with Gasteiger partial charge in [-0.05, 0) is 12.1 Å². The normalized spacial score (nSPS) is 9.00. The van der Waals surface area contributed by atoms with Crippen LogP contribution < -0.4 is 5.73 Å². The van der Waals surface area contributed by atoms with Gasteiger partial charge in [-0.25, -0.2) is 0 Å². The SMILES string of the molecule is NCC#Cc1ccc([N+](=O)[O-])c(F)c1. The molecule has 0 aliphatic rings. The summed E-state index contributed by atoms with van der Waals surface area (Å²) in [6.07, 6.45) is 0. The Morgan fingerprint density at radius 1 is 1.57 bits per heavy atom. The maximum atomic E-state index is 13.0. The van der Waals surface area contributed by atoms with E-state index in [1.807, 2.05) is 0 Å². The molecule has 0 amide bonds. The average molecular weight is 194 g/mol. The molecule has 0 radical (unpaired) electrons. The Bertz CT molecular complexity index is 421. The molecule has 14 heavy (non-hydrogen) atoms. The van der Waals surface area contributed by atoms with E-state index in [2.05, 4.69) is 11.8 Å². The molecule has 0 fully saturated rings. The number of hydrogen-bond donors (Lipinski definition) is 1. The third-order valence-corrected chi connectivity index (χ3v) is 1.48. The first-order valence-corrected chi connectivity index (χ1v) is 3.78. The minimum Gasteiger partial charge on any atom is -0.320 e. The molecule has 0 aromatic heterocycles. The van der Waals surface area contributed by atoms with Gasteiger partial charge >= 0.3 is 5.69 Å². The standard InChI is InChI=1S/C9H7FN2O2/c10-8-6-7(2-1-5-11)3-4-9(8)12(13)14/h3-4,6H,5,11H2. The zero-order chi connectivity index (χ0) is 10.6. The van der Waals surface area contributed by atoms with Crippen LogP contribution >= 0.6 is 0 Å². The molecule has 4 nitrogen and oxygen atoms in total. The fraction of sp³-hybridized carbons (Fsp3) is 0.111. The number of halogens is 1. The summed E-state index contributed by atoms with van der Waals surface area (Å²) >= 11 is 0. The summed E-state index contributed by atoms with van der Waals surface area (Å²) in [7, 11) is 0. The maximum absolute atomic E-state index is 13.0. The van der Waals surface area contributed by atoms with Gasteiger partial charge in [-0.2, -0.15) is 4.39 Å². The zero-order valence-corrected chi connectivity index (χ0v) is 7.16. The van der Waals surface area contributed by atoms with Gasteiger partial charge in [-0.15, -0.1) is 0 Å². The Hall–Kier alpha value is -1.93. The van der Waals surface area contributed by atoms with Gasteiger partial charge in [-0.3, -0.25) is 10.1 Å². The molecule has 72 valence electrons. The van der Waals surface area contributed by atoms with Gasteiger partial charge in [0.2, 0.25) is 5.82 Å². The number of hydrogen-bond acceptors (Lipinski definition) is 3. The molecular weight excluding hydrogens is 187 g/mol. The van der Waals surface area contributed by atoms with Gasteiger partial charge in [0, 0.05) is 11.6 Å². The van der Waals surface area contributed by atoms with Crippen LogP contribution in [0.1, 0.15) is 5.56 Å². The van der Waals surface area contributed by atoms with E-state index >= 15 is 0 Å². The van der Waals surface area contributed by atoms with Crippen molar-refractivity contribution >= 4 is 5.69 Å². The first-order valence-electron chi connectivity index (χ1n) is 3.78. The smallest absolute Gasteiger partial charge is 0.304 e. The second-order valence-electron chi connectivity index (χ2n) is 2.43. The number of nitrogens with two attached hydrogens (primary N) is 1. The molecule has 1 aromatic rings. The third kappa shape index (κ3) is 2.28. The third-order valence-electron chi connectivity index (χ3n) is 1.48. The topological polar surface area (TPSA) is 69.2 Å². The van der Waals surface area contributed by atoms with Crippen molar-refractivity contribution in [3.63, 3.8) is 0 Å². The van der Waals surface area contributed by atoms with Crippen LogP contribution in [0.25, 0.3) is 0 Å². The highest BCUT2D eigenvalue weighted by molar-refractivity contribution is 5.42. The van der Waals surface area contributed by atoms with Crippen molar-refractivity contribution in [3.8, 4) is 11.8 Å². The zero-order valence-electron chi connectivity index (χ0n) is 7.16. The van der Waals surface area contributed by atoms with Crippen LogP contribution in [0.15, 0.2) is 18.2 Å². The lowest BCUT2D eigenvalue weighted by Gasteiger charge is -1.93. The van der Waals surface area contributed by atoms with Crippen LogP contribution in [-0.2, 0) is 0 Å². The molecule has 0 spiro atoms. The molecule has 0 aliphatic heterocycles. The van der Waals surface area contributed by atoms with Gasteiger partial charge in [0.05, 0.1) is 11.5 Å². The maximum Gasteiger partial charge on any atom is 0.304 e. The fourth-order valence-corrected chi connectivity index (χ4v) is 0.886. The van der Waals surface area contributed by atoms with Crippen LogP contribution in [-0.4, -0.2) is 11.5 Å². The summed E-state index contributed by atoms with van der Waals surface area (Å²) < 4.78 is 13.0. The quantitative estimate of drug-likeness (QED) is 0.412. The highest BCUT2D eigenvalue weighted by Gasteiger charge is 2.12. The first kappa shape index (κ1) is 10.2. The Morgan fingerprint density at radius 2 is 2.29 bits per heavy atom. The molecule has 0 aliphatic carbocycles. The van der Waals surface area contributed by atoms with Gasteiger partial charge < -0.3 is 5.73 Å². The van der Waals surface area contributed by atoms with Crippen LogP contribution in [0.2, 0.25) is 0 Å². The Labute approximate surface area is 79.7 Å². The van der Waals surface area contributed by atoms with Crippen LogP contribution in [0.5, 0.6) is 0 Å². The summed E-state index contributed by atoms with van der Waals surface area (Å²) in [5, 5.41) is 10.3. The lowest BCUT2D eigenvalue weighted by molar-refractivity contribution is -0.387. The molecule has 0 saturated heterocycles. The van der Waals surface area contributed by atoms with E-state index in [-0.39, 0.29) is 6.54 Å². The van der Waals surface area contributed by atoms with E-state index in [1.165, 1.54) is 6.07 Å². The lowest BCUT2D eigenvalue weighted by Crippen LogP contribution is -1.94. The second kappa shape index (κ2) is 4.35. The molecule has 2 N–H and O–H groups in total. The average Bonchev–Trinajstić information content (AvgIpc) is 2.14. The number of benzene rings is 1. The van der Waals surface area contributed by atoms with E-state index in [0.29, 0.717) is 5.56 Å². The highest BCUT2D eigenvalue weighted by Crippen LogP contribution is 2.17. The predicted octanol–water partition coefficient (Wildman–Crippen LogP) is 1.04. The monoisotopic (exact) mass is 194 g/mol. The number of nitrogens with zero attached hydrogens (tertiary/aromatic N) is 1. The molecule has 0 atom stereocenters. The second-order valence-corrected chi connectivity index (χ2v) is 2.43. The van der Waals surface area contributed by atoms with E-state index in [1.54, 1.807) is 0 Å². The molecule has 0 bridgehead atoms. The number of nitro groups is 1. The van der Waals surface area contributed by atoms with E-state index < -0.39 is 16.4 Å². The van der Waals surface area contributed by atoms with Crippen LogP contribution in [0.4, 0.5) is 10.1 Å². The van der Waals surface area contributed by atoms with E-state index in [9.17, 15) is 14.5 Å². The van der Waals surface area contributed by atoms with Gasteiger partial charge in [0.25, 0.3) is 0 Å². The molecule has 0 heterocycles. The minimum absolute atomic E-state index is 0.165. The minimum atomic E-state index is -0.890. The summed E-state index contributed by atoms with van der Waals surface area (Å²) in [6.45, 7) is 0.165. The largest absolute Gasteiger partial charge is 0.320 e. The van der Waals surface area contributed by atoms with Crippen molar-refractivity contribution in [2.24, 2.45) is 5.73 Å². The first-order chi connectivity index (χ1) is 6.65. The lowest BCUT2D eigenvalue weighted by atomic mass is 10.2. The number of rotatable bonds is 1. The summed E-state index contributed by atoms with van der Waals surface area (Å²) in [6, 6.07) is 3.47. The summed E-state index contributed by atoms with van der Waals surface area (Å²) in [5.74, 6) is 4.21. The molecule has 0 unspecified atom stereocenters. The van der Waals surface area contributed by atoms with Crippen molar-refractivity contribution in [2.75, 3.05) is 6.54 Å². The molecular formula is C9H7FN2O2. The molecule has 0 saturated carbocycles. The van der Waals surface area contributed by atoms with Gasteiger partial charge in [0.15, 0.2) is 0 Å². The summed E-state index contributed by atoms with van der Waals surface area (Å²) in [5.41, 5.74) is 4.94. The van der Waals surface area contributed by atoms with Crippen molar-refractivity contribution in [1.29, 1.82) is 0 Å². The number of nitro benzene ring substituents is 1. The predicted molar refractivity (Wildman–Crippen MR) is 49.0 cm³/mol. The van der Waals surface area contributed by atoms with Crippen molar-refractivity contribution < 1.29 is 9.31 Å². The van der Waals surface area contributed by atoms with Crippen molar-refractivity contribution in [2.45, 2.75) is 0 Å². The molecule has 5 heteroatoms. The van der Waals surface area contributed by atoms with Gasteiger partial charge in [-0.1, -0.05) is 11.8 Å². The molecule has 1 rings (SSSR count). The van der Waals surface area contributed by atoms with E-state index in [4.69, 9.17) is 5.73 Å². The Kier molecular flexibility index (Phi) is 3.15. The Balaban J connectivity index is 3.06. The molecule has 1 aromatic carbocycles. The van der Waals surface area contributed by atoms with Gasteiger partial charge in [0.1, 0.15) is 0 Å². The Morgan fingerprint density at radius 3 is 2.79 bits per heavy atom. The summed E-state index contributed by atoms with van der Waals surface area (Å²) in [4.78, 5) is 9.47.